The maximum absolute atomic E-state index is 13.6. The summed E-state index contributed by atoms with van der Waals surface area (Å²) in [6, 6.07) is 28.4. The molecule has 0 aliphatic carbocycles. The summed E-state index contributed by atoms with van der Waals surface area (Å²) in [6.45, 7) is 5.92. The van der Waals surface area contributed by atoms with Crippen LogP contribution in [0.1, 0.15) is 16.7 Å². The molecule has 0 aliphatic rings. The molecule has 8 heteroatoms. The van der Waals surface area contributed by atoms with Gasteiger partial charge in [0.1, 0.15) is 30.4 Å². The van der Waals surface area contributed by atoms with Crippen molar-refractivity contribution in [2.24, 2.45) is 0 Å². The van der Waals surface area contributed by atoms with Crippen molar-refractivity contribution in [2.75, 3.05) is 24.0 Å². The van der Waals surface area contributed by atoms with Gasteiger partial charge >= 0.3 is 0 Å². The zero-order chi connectivity index (χ0) is 27.8. The number of aryl methyl sites for hydroxylation is 3. The van der Waals surface area contributed by atoms with Crippen LogP contribution in [0.4, 0.5) is 5.69 Å². The Bertz CT molecular complexity index is 1500. The number of carbonyl (C=O) groups excluding carboxylic acids is 1. The minimum atomic E-state index is -4.02. The number of benzene rings is 4. The van der Waals surface area contributed by atoms with E-state index in [4.69, 9.17) is 9.47 Å². The summed E-state index contributed by atoms with van der Waals surface area (Å²) < 4.78 is 40.0. The zero-order valence-electron chi connectivity index (χ0n) is 22.3. The van der Waals surface area contributed by atoms with Gasteiger partial charge in [-0.1, -0.05) is 48.0 Å². The molecule has 7 nitrogen and oxygen atoms in total. The average Bonchev–Trinajstić information content (AvgIpc) is 2.93. The smallest absolute Gasteiger partial charge is 0.264 e. The molecule has 0 unspecified atom stereocenters. The van der Waals surface area contributed by atoms with Crippen LogP contribution in [0, 0.1) is 20.8 Å². The molecule has 1 amide bonds. The predicted octanol–water partition coefficient (Wildman–Crippen LogP) is 5.79. The van der Waals surface area contributed by atoms with Gasteiger partial charge in [-0.3, -0.25) is 9.10 Å². The molecular formula is C31H32N2O5S. The minimum Gasteiger partial charge on any atom is -0.491 e. The second-order valence-electron chi connectivity index (χ2n) is 9.20. The van der Waals surface area contributed by atoms with E-state index in [9.17, 15) is 13.2 Å². The van der Waals surface area contributed by atoms with Gasteiger partial charge in [-0.15, -0.1) is 0 Å². The third kappa shape index (κ3) is 7.39. The fourth-order valence-electron chi connectivity index (χ4n) is 3.86. The molecular weight excluding hydrogens is 512 g/mol. The number of rotatable bonds is 11. The number of nitrogens with one attached hydrogen (secondary N) is 1. The lowest BCUT2D eigenvalue weighted by Gasteiger charge is -2.24. The van der Waals surface area contributed by atoms with Crippen LogP contribution >= 0.6 is 0 Å². The number of ether oxygens (including phenoxy) is 2. The van der Waals surface area contributed by atoms with Gasteiger partial charge in [0.25, 0.3) is 10.0 Å². The largest absolute Gasteiger partial charge is 0.491 e. The summed E-state index contributed by atoms with van der Waals surface area (Å²) >= 11 is 0. The number of nitrogens with zero attached hydrogens (tertiary/aromatic N) is 1. The van der Waals surface area contributed by atoms with Crippen molar-refractivity contribution in [3.8, 4) is 17.2 Å². The van der Waals surface area contributed by atoms with Crippen LogP contribution in [0.5, 0.6) is 17.2 Å². The summed E-state index contributed by atoms with van der Waals surface area (Å²) in [5, 5.41) is 2.77. The Kier molecular flexibility index (Phi) is 8.88. The molecule has 4 rings (SSSR count). The number of hydrogen-bond donors (Lipinski definition) is 1. The van der Waals surface area contributed by atoms with E-state index in [1.54, 1.807) is 48.5 Å². The second kappa shape index (κ2) is 12.5. The molecule has 0 aliphatic heterocycles. The molecule has 0 saturated carbocycles. The first kappa shape index (κ1) is 27.7. The molecule has 0 spiro atoms. The van der Waals surface area contributed by atoms with E-state index < -0.39 is 22.5 Å². The summed E-state index contributed by atoms with van der Waals surface area (Å²) in [7, 11) is -4.02. The Morgan fingerprint density at radius 3 is 2.13 bits per heavy atom. The summed E-state index contributed by atoms with van der Waals surface area (Å²) in [5.41, 5.74) is 3.36. The Morgan fingerprint density at radius 2 is 1.44 bits per heavy atom. The quantitative estimate of drug-likeness (QED) is 0.242. The molecule has 0 bridgehead atoms. The molecule has 0 radical (unpaired) electrons. The topological polar surface area (TPSA) is 84.9 Å². The Hall–Kier alpha value is -4.30. The van der Waals surface area contributed by atoms with Crippen LogP contribution in [0.15, 0.2) is 102 Å². The highest BCUT2D eigenvalue weighted by Crippen LogP contribution is 2.28. The van der Waals surface area contributed by atoms with E-state index in [-0.39, 0.29) is 18.0 Å². The highest BCUT2D eigenvalue weighted by Gasteiger charge is 2.27. The number of anilines is 1. The van der Waals surface area contributed by atoms with Crippen LogP contribution in [0.2, 0.25) is 0 Å². The number of carbonyl (C=O) groups is 1. The molecule has 0 atom stereocenters. The van der Waals surface area contributed by atoms with E-state index in [0.29, 0.717) is 17.2 Å². The summed E-state index contributed by atoms with van der Waals surface area (Å²) in [4.78, 5) is 13.0. The van der Waals surface area contributed by atoms with Crippen molar-refractivity contribution in [1.29, 1.82) is 0 Å². The van der Waals surface area contributed by atoms with Gasteiger partial charge < -0.3 is 14.8 Å². The SMILES string of the molecule is Cc1ccc(S(=O)(=O)N(CC(=O)NCCOc2cc(C)ccc2C)c2ccc(Oc3ccccc3)cc2)cc1. The van der Waals surface area contributed by atoms with Gasteiger partial charge in [-0.25, -0.2) is 8.42 Å². The Morgan fingerprint density at radius 1 is 0.795 bits per heavy atom. The normalized spacial score (nSPS) is 11.1. The first-order valence-electron chi connectivity index (χ1n) is 12.6. The number of hydrogen-bond acceptors (Lipinski definition) is 5. The third-order valence-electron chi connectivity index (χ3n) is 6.03. The average molecular weight is 545 g/mol. The number of sulfonamides is 1. The second-order valence-corrected chi connectivity index (χ2v) is 11.1. The van der Waals surface area contributed by atoms with Crippen molar-refractivity contribution < 1.29 is 22.7 Å². The number of amides is 1. The molecule has 1 N–H and O–H groups in total. The van der Waals surface area contributed by atoms with Crippen LogP contribution in [0.25, 0.3) is 0 Å². The lowest BCUT2D eigenvalue weighted by atomic mass is 10.1. The van der Waals surface area contributed by atoms with Crippen molar-refractivity contribution in [2.45, 2.75) is 25.7 Å². The molecule has 4 aromatic carbocycles. The van der Waals surface area contributed by atoms with E-state index in [0.717, 1.165) is 26.7 Å². The van der Waals surface area contributed by atoms with Crippen molar-refractivity contribution >= 4 is 21.6 Å². The van der Waals surface area contributed by atoms with Gasteiger partial charge in [0.05, 0.1) is 17.1 Å². The molecule has 0 aromatic heterocycles. The van der Waals surface area contributed by atoms with Crippen LogP contribution < -0.4 is 19.1 Å². The molecule has 0 heterocycles. The summed E-state index contributed by atoms with van der Waals surface area (Å²) in [5.74, 6) is 1.52. The summed E-state index contributed by atoms with van der Waals surface area (Å²) in [6.07, 6.45) is 0. The maximum atomic E-state index is 13.6. The first-order chi connectivity index (χ1) is 18.7. The van der Waals surface area contributed by atoms with Gasteiger partial charge in [0.15, 0.2) is 0 Å². The highest BCUT2D eigenvalue weighted by molar-refractivity contribution is 7.92. The standard InChI is InChI=1S/C31H32N2O5S/c1-23-10-17-29(18-11-23)39(35,36)33(26-13-15-28(16-14-26)38-27-7-5-4-6-8-27)22-31(34)32-19-20-37-30-21-24(2)9-12-25(30)3/h4-18,21H,19-20,22H2,1-3H3,(H,32,34). The molecule has 0 fully saturated rings. The molecule has 4 aromatic rings. The fourth-order valence-corrected chi connectivity index (χ4v) is 5.28. The lowest BCUT2D eigenvalue weighted by molar-refractivity contribution is -0.119. The zero-order valence-corrected chi connectivity index (χ0v) is 23.1. The van der Waals surface area contributed by atoms with E-state index in [1.807, 2.05) is 69.3 Å². The van der Waals surface area contributed by atoms with Crippen molar-refractivity contribution in [1.82, 2.24) is 5.32 Å². The van der Waals surface area contributed by atoms with Crippen LogP contribution in [-0.2, 0) is 14.8 Å². The van der Waals surface area contributed by atoms with Gasteiger partial charge in [-0.05, 0) is 86.5 Å². The minimum absolute atomic E-state index is 0.101. The fraction of sp³-hybridized carbons (Fsp3) is 0.194. The highest BCUT2D eigenvalue weighted by atomic mass is 32.2. The third-order valence-corrected chi connectivity index (χ3v) is 7.81. The monoisotopic (exact) mass is 544 g/mol. The van der Waals surface area contributed by atoms with Crippen molar-refractivity contribution in [3.63, 3.8) is 0 Å². The van der Waals surface area contributed by atoms with Crippen LogP contribution in [-0.4, -0.2) is 34.0 Å². The van der Waals surface area contributed by atoms with Gasteiger partial charge in [-0.2, -0.15) is 0 Å². The Balaban J connectivity index is 1.48. The van der Waals surface area contributed by atoms with E-state index >= 15 is 0 Å². The number of para-hydroxylation sites is 1. The van der Waals surface area contributed by atoms with E-state index in [2.05, 4.69) is 5.32 Å². The van der Waals surface area contributed by atoms with Crippen LogP contribution in [0.3, 0.4) is 0 Å². The predicted molar refractivity (Wildman–Crippen MR) is 153 cm³/mol. The van der Waals surface area contributed by atoms with E-state index in [1.165, 1.54) is 0 Å². The van der Waals surface area contributed by atoms with Gasteiger partial charge in [0.2, 0.25) is 5.91 Å². The molecule has 0 saturated heterocycles. The molecule has 202 valence electrons. The maximum Gasteiger partial charge on any atom is 0.264 e. The lowest BCUT2D eigenvalue weighted by Crippen LogP contribution is -2.41. The Labute approximate surface area is 230 Å². The van der Waals surface area contributed by atoms with Crippen molar-refractivity contribution in [3.05, 3.63) is 114 Å². The first-order valence-corrected chi connectivity index (χ1v) is 14.1. The molecule has 39 heavy (non-hydrogen) atoms. The van der Waals surface area contributed by atoms with Gasteiger partial charge in [0, 0.05) is 0 Å².